The molecular weight excluding hydrogens is 556 g/mol. The molecule has 2 unspecified atom stereocenters. The summed E-state index contributed by atoms with van der Waals surface area (Å²) in [4.78, 5) is 47.4. The fourth-order valence-corrected chi connectivity index (χ4v) is 5.18. The topological polar surface area (TPSA) is 170 Å². The summed E-state index contributed by atoms with van der Waals surface area (Å²) in [7, 11) is 0. The number of carbonyl (C=O) groups excluding carboxylic acids is 3. The van der Waals surface area contributed by atoms with Gasteiger partial charge >= 0.3 is 5.97 Å². The summed E-state index contributed by atoms with van der Waals surface area (Å²) in [5.41, 5.74) is 0.839. The van der Waals surface area contributed by atoms with Gasteiger partial charge in [-0.15, -0.1) is 0 Å². The summed E-state index contributed by atoms with van der Waals surface area (Å²) >= 11 is 0. The summed E-state index contributed by atoms with van der Waals surface area (Å²) in [6.45, 7) is 1.92. The number of rotatable bonds is 5. The molecule has 44 heavy (non-hydrogen) atoms. The number of Topliss-reactive ketones (excluding diaryl/α,β-unsaturated/α-hetero) is 2. The lowest BCUT2D eigenvalue weighted by atomic mass is 9.68. The van der Waals surface area contributed by atoms with Crippen LogP contribution in [0.3, 0.4) is 0 Å². The van der Waals surface area contributed by atoms with Gasteiger partial charge in [0, 0.05) is 37.9 Å². The largest absolute Gasteiger partial charge is 0.465 e. The van der Waals surface area contributed by atoms with Gasteiger partial charge in [0.25, 0.3) is 0 Å². The van der Waals surface area contributed by atoms with E-state index in [1.165, 1.54) is 0 Å². The van der Waals surface area contributed by atoms with Crippen LogP contribution in [-0.4, -0.2) is 39.1 Å². The van der Waals surface area contributed by atoms with Crippen LogP contribution in [-0.2, 0) is 36.4 Å². The Kier molecular flexibility index (Phi) is 12.4. The highest BCUT2D eigenvalue weighted by molar-refractivity contribution is 6.00. The van der Waals surface area contributed by atoms with Gasteiger partial charge < -0.3 is 4.74 Å². The maximum absolute atomic E-state index is 11.9. The van der Waals surface area contributed by atoms with E-state index in [0.29, 0.717) is 44.2 Å². The van der Waals surface area contributed by atoms with Crippen molar-refractivity contribution in [3.05, 3.63) is 90.3 Å². The summed E-state index contributed by atoms with van der Waals surface area (Å²) < 4.78 is 4.94. The van der Waals surface area contributed by atoms with Gasteiger partial charge in [-0.05, 0) is 69.0 Å². The zero-order valence-corrected chi connectivity index (χ0v) is 24.7. The van der Waals surface area contributed by atoms with Crippen molar-refractivity contribution in [2.24, 2.45) is 5.92 Å². The highest BCUT2D eigenvalue weighted by Crippen LogP contribution is 2.40. The van der Waals surface area contributed by atoms with E-state index in [-0.39, 0.29) is 31.0 Å². The molecule has 5 rings (SSSR count). The molecule has 3 aromatic heterocycles. The maximum atomic E-state index is 11.9. The molecule has 0 radical (unpaired) electrons. The van der Waals surface area contributed by atoms with E-state index < -0.39 is 22.7 Å². The van der Waals surface area contributed by atoms with Crippen molar-refractivity contribution < 1.29 is 19.1 Å². The van der Waals surface area contributed by atoms with Gasteiger partial charge in [0.1, 0.15) is 28.3 Å². The molecule has 2 aliphatic carbocycles. The van der Waals surface area contributed by atoms with Gasteiger partial charge in [-0.1, -0.05) is 18.2 Å². The van der Waals surface area contributed by atoms with E-state index in [0.717, 1.165) is 11.4 Å². The van der Waals surface area contributed by atoms with Crippen LogP contribution in [0.4, 0.5) is 0 Å². The van der Waals surface area contributed by atoms with Gasteiger partial charge in [0.2, 0.25) is 0 Å². The van der Waals surface area contributed by atoms with E-state index in [9.17, 15) is 24.9 Å². The Morgan fingerprint density at radius 2 is 1.36 bits per heavy atom. The average Bonchev–Trinajstić information content (AvgIpc) is 3.08. The predicted molar refractivity (Wildman–Crippen MR) is 159 cm³/mol. The molecule has 0 saturated heterocycles. The third-order valence-electron chi connectivity index (χ3n) is 7.70. The predicted octanol–water partition coefficient (Wildman–Crippen LogP) is 4.91. The van der Waals surface area contributed by atoms with Crippen LogP contribution in [0.1, 0.15) is 69.0 Å². The van der Waals surface area contributed by atoms with Gasteiger partial charge in [-0.2, -0.15) is 15.8 Å². The van der Waals surface area contributed by atoms with E-state index in [1.807, 2.05) is 42.5 Å². The monoisotopic (exact) mass is 590 g/mol. The number of nitrogens with zero attached hydrogens (tertiary/aromatic N) is 6. The molecule has 10 nitrogen and oxygen atoms in total. The molecule has 2 atom stereocenters. The molecule has 3 heterocycles. The van der Waals surface area contributed by atoms with Crippen molar-refractivity contribution >= 4 is 17.5 Å². The highest BCUT2D eigenvalue weighted by Gasteiger charge is 2.46. The smallest absolute Gasteiger partial charge is 0.316 e. The molecule has 0 aromatic carbocycles. The van der Waals surface area contributed by atoms with Gasteiger partial charge in [0.15, 0.2) is 0 Å². The first kappa shape index (κ1) is 33.2. The Labute approximate surface area is 257 Å². The molecule has 0 spiro atoms. The molecule has 224 valence electrons. The number of ether oxygens (including phenoxy) is 1. The molecule has 0 amide bonds. The minimum Gasteiger partial charge on any atom is -0.465 e. The number of ketones is 2. The summed E-state index contributed by atoms with van der Waals surface area (Å²) in [6.07, 6.45) is 8.39. The molecule has 2 aliphatic rings. The summed E-state index contributed by atoms with van der Waals surface area (Å²) in [5, 5.41) is 27.1. The van der Waals surface area contributed by atoms with Crippen LogP contribution < -0.4 is 0 Å². The Balaban J connectivity index is 0.000000194. The first-order valence-electron chi connectivity index (χ1n) is 14.5. The normalized spacial score (nSPS) is 20.1. The number of aromatic nitrogens is 3. The van der Waals surface area contributed by atoms with Crippen LogP contribution in [0.25, 0.3) is 0 Å². The van der Waals surface area contributed by atoms with Crippen molar-refractivity contribution in [2.75, 3.05) is 6.61 Å². The third-order valence-corrected chi connectivity index (χ3v) is 7.70. The third kappa shape index (κ3) is 8.63. The quantitative estimate of drug-likeness (QED) is 0.294. The van der Waals surface area contributed by atoms with Crippen LogP contribution in [0.15, 0.2) is 73.2 Å². The van der Waals surface area contributed by atoms with E-state index in [4.69, 9.17) is 10.00 Å². The molecule has 2 fully saturated rings. The molecule has 3 aromatic rings. The SMILES string of the molecule is CCOC(=O)C1CC(C#N)(c2ccccn2)CCC1=O.N#CC1(c2ccccn2)CCC(=O)CC1.N#CCc1ccccn1. The first-order valence-corrected chi connectivity index (χ1v) is 14.5. The van der Waals surface area contributed by atoms with Crippen molar-refractivity contribution in [1.82, 2.24) is 15.0 Å². The van der Waals surface area contributed by atoms with Gasteiger partial charge in [0.05, 0.1) is 48.3 Å². The Morgan fingerprint density at radius 3 is 1.84 bits per heavy atom. The lowest BCUT2D eigenvalue weighted by Gasteiger charge is -2.33. The lowest BCUT2D eigenvalue weighted by molar-refractivity contribution is -0.153. The Hall–Kier alpha value is -5.27. The second-order valence-electron chi connectivity index (χ2n) is 10.5. The Bertz CT molecular complexity index is 1520. The van der Waals surface area contributed by atoms with E-state index in [2.05, 4.69) is 27.1 Å². The summed E-state index contributed by atoms with van der Waals surface area (Å²) in [6, 6.07) is 23.1. The van der Waals surface area contributed by atoms with Crippen LogP contribution >= 0.6 is 0 Å². The number of hydrogen-bond acceptors (Lipinski definition) is 10. The fraction of sp³-hybridized carbons (Fsp3) is 0.382. The molecule has 0 N–H and O–H groups in total. The standard InChI is InChI=1S/C15H16N2O3.C12H12N2O.C7H6N2/c1-2-20-14(19)11-9-15(10-16,7-6-12(11)18)13-5-3-4-8-17-13;13-9-12(6-4-10(15)5-7-12)11-3-1-2-8-14-11;8-5-4-7-3-1-2-6-9-7/h3-5,8,11H,2,6-7,9H2,1H3;1-3,8H,4-7H2;1-3,6H,4H2. The van der Waals surface area contributed by atoms with Crippen molar-refractivity contribution in [3.8, 4) is 18.2 Å². The maximum Gasteiger partial charge on any atom is 0.316 e. The second kappa shape index (κ2) is 16.4. The van der Waals surface area contributed by atoms with E-state index >= 15 is 0 Å². The molecular formula is C34H34N6O4. The van der Waals surface area contributed by atoms with Gasteiger partial charge in [-0.25, -0.2) is 0 Å². The Morgan fingerprint density at radius 1 is 0.818 bits per heavy atom. The molecule has 0 aliphatic heterocycles. The minimum atomic E-state index is -0.882. The van der Waals surface area contributed by atoms with Crippen LogP contribution in [0.2, 0.25) is 0 Å². The number of carbonyl (C=O) groups is 3. The highest BCUT2D eigenvalue weighted by atomic mass is 16.5. The lowest BCUT2D eigenvalue weighted by Crippen LogP contribution is -2.41. The zero-order chi connectivity index (χ0) is 31.8. The first-order chi connectivity index (χ1) is 21.3. The molecule has 0 bridgehead atoms. The number of esters is 1. The number of nitriles is 3. The van der Waals surface area contributed by atoms with E-state index in [1.54, 1.807) is 43.7 Å². The van der Waals surface area contributed by atoms with Crippen LogP contribution in [0, 0.1) is 39.9 Å². The summed E-state index contributed by atoms with van der Waals surface area (Å²) in [5.74, 6) is -1.28. The zero-order valence-electron chi connectivity index (χ0n) is 24.7. The van der Waals surface area contributed by atoms with Crippen LogP contribution in [0.5, 0.6) is 0 Å². The van der Waals surface area contributed by atoms with Crippen molar-refractivity contribution in [2.45, 2.75) is 69.1 Å². The number of hydrogen-bond donors (Lipinski definition) is 0. The van der Waals surface area contributed by atoms with Gasteiger partial charge in [-0.3, -0.25) is 29.3 Å². The molecule has 10 heteroatoms. The van der Waals surface area contributed by atoms with Crippen molar-refractivity contribution in [1.29, 1.82) is 15.8 Å². The molecule has 2 saturated carbocycles. The minimum absolute atomic E-state index is 0.148. The number of pyridine rings is 3. The second-order valence-corrected chi connectivity index (χ2v) is 10.5. The fourth-order valence-electron chi connectivity index (χ4n) is 5.18. The van der Waals surface area contributed by atoms with Crippen molar-refractivity contribution in [3.63, 3.8) is 0 Å². The average molecular weight is 591 g/mol.